The Kier molecular flexibility index (Phi) is 3.32. The van der Waals surface area contributed by atoms with Crippen LogP contribution in [0, 0.1) is 0 Å². The van der Waals surface area contributed by atoms with Crippen LogP contribution in [-0.2, 0) is 6.54 Å². The van der Waals surface area contributed by atoms with Gasteiger partial charge in [0.1, 0.15) is 0 Å². The van der Waals surface area contributed by atoms with E-state index in [1.807, 2.05) is 47.3 Å². The molecule has 0 aliphatic rings. The van der Waals surface area contributed by atoms with E-state index in [9.17, 15) is 5.11 Å². The maximum atomic E-state index is 9.41. The van der Waals surface area contributed by atoms with Crippen LogP contribution in [-0.4, -0.2) is 9.67 Å². The Morgan fingerprint density at radius 1 is 1.38 bits per heavy atom. The van der Waals surface area contributed by atoms with Crippen LogP contribution in [0.5, 0.6) is 0 Å². The van der Waals surface area contributed by atoms with Crippen LogP contribution in [0.1, 0.15) is 24.2 Å². The van der Waals surface area contributed by atoms with Crippen molar-refractivity contribution in [1.29, 1.82) is 0 Å². The molecule has 0 aliphatic heterocycles. The molecule has 2 aromatic rings. The van der Waals surface area contributed by atoms with Crippen molar-refractivity contribution >= 4 is 11.6 Å². The van der Waals surface area contributed by atoms with Gasteiger partial charge in [0.2, 0.25) is 0 Å². The molecule has 0 fully saturated rings. The monoisotopic (exact) mass is 235 g/mol. The van der Waals surface area contributed by atoms with E-state index in [1.54, 1.807) is 6.92 Å². The highest BCUT2D eigenvalue weighted by Gasteiger charge is 2.03. The summed E-state index contributed by atoms with van der Waals surface area (Å²) in [5, 5.41) is 10.2. The molecule has 0 spiro atoms. The van der Waals surface area contributed by atoms with Gasteiger partial charge in [-0.05, 0) is 36.2 Å². The van der Waals surface area contributed by atoms with Gasteiger partial charge in [0.15, 0.2) is 0 Å². The minimum Gasteiger partial charge on any atom is -0.389 e. The van der Waals surface area contributed by atoms with E-state index in [0.717, 1.165) is 22.7 Å². The maximum Gasteiger partial charge on any atom is 0.0776 e. The normalized spacial score (nSPS) is 12.7. The van der Waals surface area contributed by atoms with Gasteiger partial charge < -0.3 is 9.67 Å². The number of benzene rings is 1. The molecule has 1 aromatic heterocycles. The van der Waals surface area contributed by atoms with E-state index in [1.165, 1.54) is 0 Å². The molecule has 2 rings (SSSR count). The topological polar surface area (TPSA) is 25.2 Å². The Balaban J connectivity index is 2.14. The largest absolute Gasteiger partial charge is 0.389 e. The summed E-state index contributed by atoms with van der Waals surface area (Å²) >= 11 is 5.92. The Labute approximate surface area is 100 Å². The van der Waals surface area contributed by atoms with Crippen molar-refractivity contribution in [2.45, 2.75) is 19.6 Å². The first-order chi connectivity index (χ1) is 7.65. The second-order valence-corrected chi connectivity index (χ2v) is 4.36. The molecule has 84 valence electrons. The predicted octanol–water partition coefficient (Wildman–Crippen LogP) is 3.24. The van der Waals surface area contributed by atoms with Gasteiger partial charge in [-0.3, -0.25) is 0 Å². The first kappa shape index (κ1) is 11.2. The summed E-state index contributed by atoms with van der Waals surface area (Å²) in [6.07, 6.45) is 3.50. The molecule has 0 saturated heterocycles. The fourth-order valence-corrected chi connectivity index (χ4v) is 1.86. The van der Waals surface area contributed by atoms with Crippen molar-refractivity contribution in [3.05, 3.63) is 58.9 Å². The molecule has 1 atom stereocenters. The average molecular weight is 236 g/mol. The molecule has 0 aliphatic carbocycles. The standard InChI is InChI=1S/C13H14ClNO/c1-10(16)12-5-6-15(9-12)8-11-3-2-4-13(14)7-11/h2-7,9-10,16H,8H2,1H3. The lowest BCUT2D eigenvalue weighted by atomic mass is 10.2. The predicted molar refractivity (Wildman–Crippen MR) is 65.6 cm³/mol. The van der Waals surface area contributed by atoms with Crippen molar-refractivity contribution in [1.82, 2.24) is 4.57 Å². The van der Waals surface area contributed by atoms with Crippen molar-refractivity contribution in [2.24, 2.45) is 0 Å². The molecular weight excluding hydrogens is 222 g/mol. The molecule has 1 unspecified atom stereocenters. The quantitative estimate of drug-likeness (QED) is 0.868. The highest BCUT2D eigenvalue weighted by molar-refractivity contribution is 6.30. The summed E-state index contributed by atoms with van der Waals surface area (Å²) in [7, 11) is 0. The molecule has 0 saturated carbocycles. The zero-order chi connectivity index (χ0) is 11.5. The van der Waals surface area contributed by atoms with E-state index >= 15 is 0 Å². The van der Waals surface area contributed by atoms with Gasteiger partial charge in [-0.15, -0.1) is 0 Å². The number of rotatable bonds is 3. The molecule has 0 radical (unpaired) electrons. The Morgan fingerprint density at radius 2 is 2.19 bits per heavy atom. The van der Waals surface area contributed by atoms with Crippen molar-refractivity contribution in [3.8, 4) is 0 Å². The van der Waals surface area contributed by atoms with Crippen LogP contribution in [0.25, 0.3) is 0 Å². The summed E-state index contributed by atoms with van der Waals surface area (Å²) < 4.78 is 2.04. The SMILES string of the molecule is CC(O)c1ccn(Cc2cccc(Cl)c2)c1. The minimum atomic E-state index is -0.416. The van der Waals surface area contributed by atoms with E-state index in [-0.39, 0.29) is 0 Å². The van der Waals surface area contributed by atoms with Crippen LogP contribution in [0.15, 0.2) is 42.7 Å². The first-order valence-corrected chi connectivity index (χ1v) is 5.61. The molecule has 16 heavy (non-hydrogen) atoms. The van der Waals surface area contributed by atoms with E-state index in [4.69, 9.17) is 11.6 Å². The van der Waals surface area contributed by atoms with Gasteiger partial charge in [0.05, 0.1) is 6.10 Å². The molecule has 0 bridgehead atoms. The van der Waals surface area contributed by atoms with Crippen molar-refractivity contribution in [3.63, 3.8) is 0 Å². The molecule has 1 N–H and O–H groups in total. The number of hydrogen-bond acceptors (Lipinski definition) is 1. The molecule has 1 heterocycles. The summed E-state index contributed by atoms with van der Waals surface area (Å²) in [5.74, 6) is 0. The van der Waals surface area contributed by atoms with E-state index < -0.39 is 6.10 Å². The third kappa shape index (κ3) is 2.65. The second kappa shape index (κ2) is 4.73. The Bertz CT molecular complexity index is 476. The third-order valence-corrected chi connectivity index (χ3v) is 2.75. The fraction of sp³-hybridized carbons (Fsp3) is 0.231. The van der Waals surface area contributed by atoms with E-state index in [0.29, 0.717) is 0 Å². The number of aromatic nitrogens is 1. The lowest BCUT2D eigenvalue weighted by Crippen LogP contribution is -1.96. The first-order valence-electron chi connectivity index (χ1n) is 5.23. The number of aliphatic hydroxyl groups excluding tert-OH is 1. The van der Waals surface area contributed by atoms with Gasteiger partial charge >= 0.3 is 0 Å². The second-order valence-electron chi connectivity index (χ2n) is 3.92. The zero-order valence-electron chi connectivity index (χ0n) is 9.10. The number of halogens is 1. The minimum absolute atomic E-state index is 0.416. The summed E-state index contributed by atoms with van der Waals surface area (Å²) in [5.41, 5.74) is 2.09. The molecule has 0 amide bonds. The van der Waals surface area contributed by atoms with Crippen LogP contribution in [0.2, 0.25) is 5.02 Å². The Hall–Kier alpha value is -1.25. The third-order valence-electron chi connectivity index (χ3n) is 2.51. The molecular formula is C13H14ClNO. The van der Waals surface area contributed by atoms with Crippen molar-refractivity contribution in [2.75, 3.05) is 0 Å². The lowest BCUT2D eigenvalue weighted by molar-refractivity contribution is 0.199. The highest BCUT2D eigenvalue weighted by atomic mass is 35.5. The van der Waals surface area contributed by atoms with Crippen LogP contribution in [0.4, 0.5) is 0 Å². The highest BCUT2D eigenvalue weighted by Crippen LogP contribution is 2.15. The number of aliphatic hydroxyl groups is 1. The van der Waals surface area contributed by atoms with Crippen molar-refractivity contribution < 1.29 is 5.11 Å². The van der Waals surface area contributed by atoms with Gasteiger partial charge in [0, 0.05) is 24.0 Å². The van der Waals surface area contributed by atoms with Crippen LogP contribution < -0.4 is 0 Å². The molecule has 3 heteroatoms. The van der Waals surface area contributed by atoms with Gasteiger partial charge in [0.25, 0.3) is 0 Å². The van der Waals surface area contributed by atoms with Crippen LogP contribution >= 0.6 is 11.6 Å². The van der Waals surface area contributed by atoms with Gasteiger partial charge in [-0.2, -0.15) is 0 Å². The maximum absolute atomic E-state index is 9.41. The molecule has 2 nitrogen and oxygen atoms in total. The number of nitrogens with zero attached hydrogens (tertiary/aromatic N) is 1. The Morgan fingerprint density at radius 3 is 2.81 bits per heavy atom. The average Bonchev–Trinajstić information content (AvgIpc) is 2.66. The molecule has 1 aromatic carbocycles. The van der Waals surface area contributed by atoms with Crippen LogP contribution in [0.3, 0.4) is 0 Å². The fourth-order valence-electron chi connectivity index (χ4n) is 1.65. The van der Waals surface area contributed by atoms with Gasteiger partial charge in [-0.1, -0.05) is 23.7 Å². The summed E-state index contributed by atoms with van der Waals surface area (Å²) in [6, 6.07) is 9.71. The van der Waals surface area contributed by atoms with Gasteiger partial charge in [-0.25, -0.2) is 0 Å². The smallest absolute Gasteiger partial charge is 0.0776 e. The lowest BCUT2D eigenvalue weighted by Gasteiger charge is -2.04. The zero-order valence-corrected chi connectivity index (χ0v) is 9.85. The summed E-state index contributed by atoms with van der Waals surface area (Å²) in [6.45, 7) is 2.53. The summed E-state index contributed by atoms with van der Waals surface area (Å²) in [4.78, 5) is 0. The number of hydrogen-bond donors (Lipinski definition) is 1. The van der Waals surface area contributed by atoms with E-state index in [2.05, 4.69) is 0 Å².